The van der Waals surface area contributed by atoms with Gasteiger partial charge in [-0.2, -0.15) is 5.26 Å². The van der Waals surface area contributed by atoms with Crippen LogP contribution in [-0.2, 0) is 11.2 Å². The molecule has 1 N–H and O–H groups in total. The van der Waals surface area contributed by atoms with Gasteiger partial charge in [0.2, 0.25) is 0 Å². The van der Waals surface area contributed by atoms with Gasteiger partial charge in [0, 0.05) is 22.4 Å². The molecule has 0 bridgehead atoms. The van der Waals surface area contributed by atoms with Gasteiger partial charge < -0.3 is 0 Å². The summed E-state index contributed by atoms with van der Waals surface area (Å²) in [5.74, 6) is -0.438. The van der Waals surface area contributed by atoms with Gasteiger partial charge in [0.25, 0.3) is 5.91 Å². The number of nitriles is 1. The topological polar surface area (TPSA) is 65.8 Å². The Morgan fingerprint density at radius 1 is 1.32 bits per heavy atom. The fraction of sp³-hybridized carbons (Fsp3) is 0.105. The molecule has 3 aromatic rings. The minimum atomic E-state index is -0.438. The highest BCUT2D eigenvalue weighted by molar-refractivity contribution is 7.15. The van der Waals surface area contributed by atoms with E-state index in [0.29, 0.717) is 5.13 Å². The number of thiazole rings is 1. The quantitative estimate of drug-likeness (QED) is 0.529. The number of hydrogen-bond donors (Lipinski definition) is 1. The monoisotopic (exact) mass is 365 g/mol. The average Bonchev–Trinajstić information content (AvgIpc) is 3.26. The second-order valence-electron chi connectivity index (χ2n) is 5.43. The number of nitrogens with zero attached hydrogens (tertiary/aromatic N) is 2. The van der Waals surface area contributed by atoms with Gasteiger partial charge in [0.15, 0.2) is 5.13 Å². The second-order valence-corrected chi connectivity index (χ2v) is 7.53. The predicted molar refractivity (Wildman–Crippen MR) is 103 cm³/mol. The van der Waals surface area contributed by atoms with Crippen LogP contribution in [0.1, 0.15) is 20.9 Å². The number of anilines is 1. The Hall–Kier alpha value is -2.75. The number of benzene rings is 1. The summed E-state index contributed by atoms with van der Waals surface area (Å²) in [5, 5.41) is 14.3. The number of amides is 1. The van der Waals surface area contributed by atoms with Gasteiger partial charge in [-0.05, 0) is 30.0 Å². The summed E-state index contributed by atoms with van der Waals surface area (Å²) >= 11 is 2.90. The molecular formula is C19H15N3OS2. The summed E-state index contributed by atoms with van der Waals surface area (Å²) in [6.45, 7) is 2.06. The first-order chi connectivity index (χ1) is 12.1. The van der Waals surface area contributed by atoms with Crippen LogP contribution in [0.2, 0.25) is 0 Å². The molecule has 25 heavy (non-hydrogen) atoms. The highest BCUT2D eigenvalue weighted by Gasteiger charge is 2.12. The van der Waals surface area contributed by atoms with Gasteiger partial charge in [-0.25, -0.2) is 4.98 Å². The van der Waals surface area contributed by atoms with Crippen molar-refractivity contribution in [3.8, 4) is 6.07 Å². The molecule has 0 fully saturated rings. The van der Waals surface area contributed by atoms with E-state index < -0.39 is 5.91 Å². The summed E-state index contributed by atoms with van der Waals surface area (Å²) in [5.41, 5.74) is 2.49. The molecular weight excluding hydrogens is 350 g/mol. The van der Waals surface area contributed by atoms with Crippen molar-refractivity contribution in [2.75, 3.05) is 5.32 Å². The van der Waals surface area contributed by atoms with Crippen molar-refractivity contribution >= 4 is 39.8 Å². The SMILES string of the molecule is Cc1ccc(Cc2cnc(NC(=O)/C(C#N)=C\c3cccs3)s2)cc1. The fourth-order valence-corrected chi connectivity index (χ4v) is 3.68. The molecule has 0 spiro atoms. The van der Waals surface area contributed by atoms with Crippen molar-refractivity contribution in [1.82, 2.24) is 4.98 Å². The van der Waals surface area contributed by atoms with Gasteiger partial charge in [-0.15, -0.1) is 22.7 Å². The zero-order valence-electron chi connectivity index (χ0n) is 13.5. The highest BCUT2D eigenvalue weighted by atomic mass is 32.1. The average molecular weight is 365 g/mol. The number of thiophene rings is 1. The molecule has 3 rings (SSSR count). The Morgan fingerprint density at radius 2 is 2.12 bits per heavy atom. The molecule has 2 aromatic heterocycles. The van der Waals surface area contributed by atoms with Gasteiger partial charge in [-0.3, -0.25) is 10.1 Å². The highest BCUT2D eigenvalue weighted by Crippen LogP contribution is 2.22. The third kappa shape index (κ3) is 4.63. The van der Waals surface area contributed by atoms with Gasteiger partial charge in [-0.1, -0.05) is 35.9 Å². The summed E-state index contributed by atoms with van der Waals surface area (Å²) < 4.78 is 0. The molecule has 2 heterocycles. The maximum absolute atomic E-state index is 12.2. The molecule has 1 aromatic carbocycles. The Bertz CT molecular complexity index is 932. The van der Waals surface area contributed by atoms with E-state index in [1.165, 1.54) is 33.8 Å². The third-order valence-corrected chi connectivity index (χ3v) is 5.20. The van der Waals surface area contributed by atoms with Crippen LogP contribution in [0.5, 0.6) is 0 Å². The van der Waals surface area contributed by atoms with Crippen LogP contribution in [0, 0.1) is 18.3 Å². The molecule has 124 valence electrons. The Morgan fingerprint density at radius 3 is 2.80 bits per heavy atom. The van der Waals surface area contributed by atoms with Gasteiger partial charge in [0.1, 0.15) is 11.6 Å². The van der Waals surface area contributed by atoms with E-state index in [-0.39, 0.29) is 5.57 Å². The van der Waals surface area contributed by atoms with Crippen LogP contribution in [0.4, 0.5) is 5.13 Å². The van der Waals surface area contributed by atoms with Gasteiger partial charge in [0.05, 0.1) is 0 Å². The molecule has 0 saturated heterocycles. The van der Waals surface area contributed by atoms with E-state index in [4.69, 9.17) is 0 Å². The van der Waals surface area contributed by atoms with E-state index in [9.17, 15) is 10.1 Å². The summed E-state index contributed by atoms with van der Waals surface area (Å²) in [7, 11) is 0. The lowest BCUT2D eigenvalue weighted by molar-refractivity contribution is -0.112. The summed E-state index contributed by atoms with van der Waals surface area (Å²) in [6.07, 6.45) is 4.11. The Labute approximate surface area is 154 Å². The maximum atomic E-state index is 12.2. The molecule has 0 aliphatic heterocycles. The number of rotatable bonds is 5. The van der Waals surface area contributed by atoms with Crippen LogP contribution in [-0.4, -0.2) is 10.9 Å². The lowest BCUT2D eigenvalue weighted by Crippen LogP contribution is -2.13. The molecule has 0 aliphatic rings. The number of carbonyl (C=O) groups excluding carboxylic acids is 1. The molecule has 0 radical (unpaired) electrons. The van der Waals surface area contributed by atoms with E-state index >= 15 is 0 Å². The van der Waals surface area contributed by atoms with E-state index in [0.717, 1.165) is 16.2 Å². The number of hydrogen-bond acceptors (Lipinski definition) is 5. The van der Waals surface area contributed by atoms with Crippen LogP contribution < -0.4 is 5.32 Å². The maximum Gasteiger partial charge on any atom is 0.268 e. The summed E-state index contributed by atoms with van der Waals surface area (Å²) in [6, 6.07) is 14.0. The van der Waals surface area contributed by atoms with Crippen LogP contribution in [0.3, 0.4) is 0 Å². The molecule has 4 nitrogen and oxygen atoms in total. The molecule has 0 unspecified atom stereocenters. The molecule has 6 heteroatoms. The lowest BCUT2D eigenvalue weighted by atomic mass is 10.1. The summed E-state index contributed by atoms with van der Waals surface area (Å²) in [4.78, 5) is 18.4. The normalized spacial score (nSPS) is 11.1. The zero-order valence-corrected chi connectivity index (χ0v) is 15.2. The first-order valence-electron chi connectivity index (χ1n) is 7.61. The largest absolute Gasteiger partial charge is 0.297 e. The van der Waals surface area contributed by atoms with Crippen LogP contribution in [0.15, 0.2) is 53.5 Å². The Kier molecular flexibility index (Phi) is 5.39. The smallest absolute Gasteiger partial charge is 0.268 e. The van der Waals surface area contributed by atoms with Gasteiger partial charge >= 0.3 is 0 Å². The van der Waals surface area contributed by atoms with Crippen molar-refractivity contribution < 1.29 is 4.79 Å². The van der Waals surface area contributed by atoms with E-state index in [2.05, 4.69) is 41.5 Å². The number of carbonyl (C=O) groups is 1. The third-order valence-electron chi connectivity index (χ3n) is 3.47. The van der Waals surface area contributed by atoms with Crippen molar-refractivity contribution in [3.63, 3.8) is 0 Å². The zero-order chi connectivity index (χ0) is 17.6. The molecule has 0 aliphatic carbocycles. The molecule has 1 amide bonds. The number of nitrogens with one attached hydrogen (secondary N) is 1. The number of aromatic nitrogens is 1. The first-order valence-corrected chi connectivity index (χ1v) is 9.30. The van der Waals surface area contributed by atoms with Crippen molar-refractivity contribution in [2.45, 2.75) is 13.3 Å². The number of aryl methyl sites for hydroxylation is 1. The predicted octanol–water partition coefficient (Wildman–Crippen LogP) is 4.65. The van der Waals surface area contributed by atoms with Crippen molar-refractivity contribution in [3.05, 3.63) is 74.4 Å². The Balaban J connectivity index is 1.67. The minimum absolute atomic E-state index is 0.0673. The van der Waals surface area contributed by atoms with Crippen LogP contribution in [0.25, 0.3) is 6.08 Å². The van der Waals surface area contributed by atoms with Crippen molar-refractivity contribution in [2.24, 2.45) is 0 Å². The second kappa shape index (κ2) is 7.88. The van der Waals surface area contributed by atoms with Crippen LogP contribution >= 0.6 is 22.7 Å². The molecule has 0 atom stereocenters. The standard InChI is InChI=1S/C19H15N3OS2/c1-13-4-6-14(7-5-13)9-17-12-21-19(25-17)22-18(23)15(11-20)10-16-3-2-8-24-16/h2-8,10,12H,9H2,1H3,(H,21,22,23)/b15-10-. The first kappa shape index (κ1) is 17.1. The lowest BCUT2D eigenvalue weighted by Gasteiger charge is -2.00. The fourth-order valence-electron chi connectivity index (χ4n) is 2.18. The van der Waals surface area contributed by atoms with E-state index in [1.807, 2.05) is 23.6 Å². The van der Waals surface area contributed by atoms with E-state index in [1.54, 1.807) is 12.3 Å². The molecule has 0 saturated carbocycles. The minimum Gasteiger partial charge on any atom is -0.297 e. The van der Waals surface area contributed by atoms with Crippen molar-refractivity contribution in [1.29, 1.82) is 5.26 Å².